The summed E-state index contributed by atoms with van der Waals surface area (Å²) in [6.07, 6.45) is -1.02. The molecule has 0 fully saturated rings. The van der Waals surface area contributed by atoms with Crippen LogP contribution >= 0.6 is 15.9 Å². The van der Waals surface area contributed by atoms with E-state index in [1.165, 1.54) is 13.0 Å². The molecule has 4 nitrogen and oxygen atoms in total. The van der Waals surface area contributed by atoms with Crippen LogP contribution in [-0.2, 0) is 9.53 Å². The first-order valence-electron chi connectivity index (χ1n) is 4.37. The molecule has 16 heavy (non-hydrogen) atoms. The Balaban J connectivity index is 2.85. The molecule has 0 saturated heterocycles. The highest BCUT2D eigenvalue weighted by atomic mass is 79.9. The van der Waals surface area contributed by atoms with Crippen LogP contribution in [0, 0.1) is 5.82 Å². The lowest BCUT2D eigenvalue weighted by Gasteiger charge is -2.10. The van der Waals surface area contributed by atoms with Gasteiger partial charge in [0.1, 0.15) is 5.82 Å². The van der Waals surface area contributed by atoms with Gasteiger partial charge in [-0.05, 0) is 41.1 Å². The van der Waals surface area contributed by atoms with Crippen molar-refractivity contribution in [2.24, 2.45) is 5.73 Å². The topological polar surface area (TPSA) is 69.4 Å². The van der Waals surface area contributed by atoms with E-state index in [4.69, 9.17) is 10.5 Å². The van der Waals surface area contributed by atoms with Crippen molar-refractivity contribution >= 4 is 27.8 Å². The highest BCUT2D eigenvalue weighted by molar-refractivity contribution is 9.10. The summed E-state index contributed by atoms with van der Waals surface area (Å²) >= 11 is 3.02. The second-order valence-electron chi connectivity index (χ2n) is 3.07. The van der Waals surface area contributed by atoms with Gasteiger partial charge >= 0.3 is 5.97 Å². The Labute approximate surface area is 99.7 Å². The number of ether oxygens (including phenoxy) is 1. The standard InChI is InChI=1S/C10H9BrFNO3/c1-5(9(13)14)16-10(15)7-3-2-6(12)4-8(7)11/h2-5H,1H3,(H2,13,14). The molecule has 1 rings (SSSR count). The van der Waals surface area contributed by atoms with Crippen LogP contribution in [-0.4, -0.2) is 18.0 Å². The van der Waals surface area contributed by atoms with Crippen molar-refractivity contribution in [3.05, 3.63) is 34.1 Å². The van der Waals surface area contributed by atoms with E-state index in [1.54, 1.807) is 0 Å². The summed E-state index contributed by atoms with van der Waals surface area (Å²) < 4.78 is 17.8. The van der Waals surface area contributed by atoms with Gasteiger partial charge in [-0.15, -0.1) is 0 Å². The molecule has 0 aliphatic carbocycles. The average Bonchev–Trinajstić information content (AvgIpc) is 2.16. The first-order chi connectivity index (χ1) is 7.41. The van der Waals surface area contributed by atoms with Crippen LogP contribution in [0.15, 0.2) is 22.7 Å². The minimum atomic E-state index is -1.02. The molecule has 0 saturated carbocycles. The van der Waals surface area contributed by atoms with Crippen molar-refractivity contribution in [1.29, 1.82) is 0 Å². The van der Waals surface area contributed by atoms with E-state index in [-0.39, 0.29) is 10.0 Å². The molecule has 0 radical (unpaired) electrons. The molecule has 2 N–H and O–H groups in total. The monoisotopic (exact) mass is 289 g/mol. The van der Waals surface area contributed by atoms with Gasteiger partial charge in [-0.25, -0.2) is 9.18 Å². The summed E-state index contributed by atoms with van der Waals surface area (Å²) in [6, 6.07) is 3.51. The van der Waals surface area contributed by atoms with Crippen molar-refractivity contribution < 1.29 is 18.7 Å². The van der Waals surface area contributed by atoms with Crippen LogP contribution in [0.3, 0.4) is 0 Å². The van der Waals surface area contributed by atoms with Crippen LogP contribution in [0.1, 0.15) is 17.3 Å². The van der Waals surface area contributed by atoms with E-state index in [0.717, 1.165) is 12.1 Å². The predicted octanol–water partition coefficient (Wildman–Crippen LogP) is 1.62. The number of rotatable bonds is 3. The number of carbonyl (C=O) groups excluding carboxylic acids is 2. The number of esters is 1. The summed E-state index contributed by atoms with van der Waals surface area (Å²) in [6.45, 7) is 1.36. The van der Waals surface area contributed by atoms with Crippen molar-refractivity contribution in [3.63, 3.8) is 0 Å². The number of benzene rings is 1. The number of amides is 1. The third-order valence-electron chi connectivity index (χ3n) is 1.84. The van der Waals surface area contributed by atoms with Crippen LogP contribution < -0.4 is 5.73 Å². The molecule has 1 aromatic rings. The zero-order valence-electron chi connectivity index (χ0n) is 8.37. The smallest absolute Gasteiger partial charge is 0.340 e. The van der Waals surface area contributed by atoms with Gasteiger partial charge in [0.15, 0.2) is 6.10 Å². The number of carbonyl (C=O) groups is 2. The molecule has 0 aromatic heterocycles. The second kappa shape index (κ2) is 5.07. The molecule has 0 spiro atoms. The zero-order chi connectivity index (χ0) is 12.3. The zero-order valence-corrected chi connectivity index (χ0v) is 9.95. The summed E-state index contributed by atoms with van der Waals surface area (Å²) in [5, 5.41) is 0. The van der Waals surface area contributed by atoms with Crippen molar-refractivity contribution in [2.75, 3.05) is 0 Å². The van der Waals surface area contributed by atoms with Crippen molar-refractivity contribution in [3.8, 4) is 0 Å². The molecule has 1 atom stereocenters. The molecule has 0 aliphatic rings. The molecular formula is C10H9BrFNO3. The first-order valence-corrected chi connectivity index (χ1v) is 5.16. The summed E-state index contributed by atoms with van der Waals surface area (Å²) in [5.74, 6) is -1.96. The highest BCUT2D eigenvalue weighted by Crippen LogP contribution is 2.19. The van der Waals surface area contributed by atoms with E-state index >= 15 is 0 Å². The molecule has 1 amide bonds. The maximum absolute atomic E-state index is 12.7. The number of hydrogen-bond donors (Lipinski definition) is 1. The van der Waals surface area contributed by atoms with Crippen LogP contribution in [0.5, 0.6) is 0 Å². The number of primary amides is 1. The van der Waals surface area contributed by atoms with Gasteiger partial charge in [-0.2, -0.15) is 0 Å². The molecule has 1 unspecified atom stereocenters. The predicted molar refractivity (Wildman–Crippen MR) is 58.2 cm³/mol. The summed E-state index contributed by atoms with van der Waals surface area (Å²) in [5.41, 5.74) is 5.07. The Hall–Kier alpha value is -1.43. The highest BCUT2D eigenvalue weighted by Gasteiger charge is 2.18. The molecule has 0 heterocycles. The number of halogens is 2. The number of nitrogens with two attached hydrogens (primary N) is 1. The van der Waals surface area contributed by atoms with Crippen LogP contribution in [0.2, 0.25) is 0 Å². The second-order valence-corrected chi connectivity index (χ2v) is 3.93. The summed E-state index contributed by atoms with van der Waals surface area (Å²) in [4.78, 5) is 22.2. The van der Waals surface area contributed by atoms with E-state index < -0.39 is 23.8 Å². The van der Waals surface area contributed by atoms with E-state index in [2.05, 4.69) is 15.9 Å². The fraction of sp³-hybridized carbons (Fsp3) is 0.200. The third kappa shape index (κ3) is 3.03. The molecule has 1 aromatic carbocycles. The molecular weight excluding hydrogens is 281 g/mol. The lowest BCUT2D eigenvalue weighted by atomic mass is 10.2. The van der Waals surface area contributed by atoms with Crippen LogP contribution in [0.4, 0.5) is 4.39 Å². The SMILES string of the molecule is CC(OC(=O)c1ccc(F)cc1Br)C(N)=O. The molecule has 0 aliphatic heterocycles. The fourth-order valence-corrected chi connectivity index (χ4v) is 1.45. The number of hydrogen-bond acceptors (Lipinski definition) is 3. The molecule has 0 bridgehead atoms. The lowest BCUT2D eigenvalue weighted by Crippen LogP contribution is -2.30. The normalized spacial score (nSPS) is 11.9. The Morgan fingerprint density at radius 1 is 1.50 bits per heavy atom. The third-order valence-corrected chi connectivity index (χ3v) is 2.49. The minimum absolute atomic E-state index is 0.134. The first kappa shape index (κ1) is 12.6. The maximum atomic E-state index is 12.7. The van der Waals surface area contributed by atoms with E-state index in [1.807, 2.05) is 0 Å². The molecule has 6 heteroatoms. The van der Waals surface area contributed by atoms with Gasteiger partial charge in [0.05, 0.1) is 5.56 Å². The maximum Gasteiger partial charge on any atom is 0.340 e. The van der Waals surface area contributed by atoms with Crippen molar-refractivity contribution in [2.45, 2.75) is 13.0 Å². The quantitative estimate of drug-likeness (QED) is 0.860. The Morgan fingerprint density at radius 3 is 2.62 bits per heavy atom. The largest absolute Gasteiger partial charge is 0.449 e. The van der Waals surface area contributed by atoms with Gasteiger partial charge < -0.3 is 10.5 Å². The Kier molecular flexibility index (Phi) is 4.00. The van der Waals surface area contributed by atoms with E-state index in [0.29, 0.717) is 0 Å². The Morgan fingerprint density at radius 2 is 2.12 bits per heavy atom. The molecule has 86 valence electrons. The summed E-state index contributed by atoms with van der Waals surface area (Å²) in [7, 11) is 0. The lowest BCUT2D eigenvalue weighted by molar-refractivity contribution is -0.125. The fourth-order valence-electron chi connectivity index (χ4n) is 0.937. The average molecular weight is 290 g/mol. The van der Waals surface area contributed by atoms with Gasteiger partial charge in [0.2, 0.25) is 0 Å². The minimum Gasteiger partial charge on any atom is -0.449 e. The van der Waals surface area contributed by atoms with Crippen molar-refractivity contribution in [1.82, 2.24) is 0 Å². The van der Waals surface area contributed by atoms with Crippen LogP contribution in [0.25, 0.3) is 0 Å². The Bertz CT molecular complexity index is 436. The van der Waals surface area contributed by atoms with Gasteiger partial charge in [-0.3, -0.25) is 4.79 Å². The van der Waals surface area contributed by atoms with E-state index in [9.17, 15) is 14.0 Å². The van der Waals surface area contributed by atoms with Gasteiger partial charge in [-0.1, -0.05) is 0 Å². The van der Waals surface area contributed by atoms with Gasteiger partial charge in [0, 0.05) is 4.47 Å². The van der Waals surface area contributed by atoms with Gasteiger partial charge in [0.25, 0.3) is 5.91 Å².